The number of hydrogen-bond donors (Lipinski definition) is 0. The van der Waals surface area contributed by atoms with E-state index < -0.39 is 0 Å². The molecule has 0 saturated heterocycles. The van der Waals surface area contributed by atoms with Gasteiger partial charge in [-0.15, -0.1) is 0 Å². The average molecular weight is 181 g/mol. The second-order valence-corrected chi connectivity index (χ2v) is 4.02. The van der Waals surface area contributed by atoms with Crippen molar-refractivity contribution in [3.8, 4) is 0 Å². The minimum absolute atomic E-state index is 0.194. The van der Waals surface area contributed by atoms with Gasteiger partial charge in [-0.25, -0.2) is 0 Å². The first-order chi connectivity index (χ1) is 5.55. The predicted molar refractivity (Wildman–Crippen MR) is 48.8 cm³/mol. The highest BCUT2D eigenvalue weighted by molar-refractivity contribution is 6.34. The minimum Gasteiger partial charge on any atom is -0.293 e. The van der Waals surface area contributed by atoms with E-state index in [0.29, 0.717) is 5.02 Å². The maximum Gasteiger partial charge on any atom is 0.173 e. The quantitative estimate of drug-likeness (QED) is 0.600. The molecule has 1 aromatic rings. The Bertz CT molecular complexity index is 366. The van der Waals surface area contributed by atoms with Crippen LogP contribution < -0.4 is 0 Å². The standard InChI is InChI=1S/C10H9ClO/c1-10(2)8-6(9(10)12)4-3-5-7(8)11/h3-5H,1-2H3. The van der Waals surface area contributed by atoms with Crippen LogP contribution in [0.25, 0.3) is 0 Å². The molecule has 1 aromatic carbocycles. The molecule has 0 aromatic heterocycles. The van der Waals surface area contributed by atoms with Crippen molar-refractivity contribution >= 4 is 17.4 Å². The van der Waals surface area contributed by atoms with Crippen molar-refractivity contribution in [3.05, 3.63) is 34.3 Å². The van der Waals surface area contributed by atoms with Gasteiger partial charge in [0.1, 0.15) is 0 Å². The topological polar surface area (TPSA) is 17.1 Å². The van der Waals surface area contributed by atoms with Gasteiger partial charge in [-0.2, -0.15) is 0 Å². The number of carbonyl (C=O) groups is 1. The fourth-order valence-electron chi connectivity index (χ4n) is 1.74. The van der Waals surface area contributed by atoms with Crippen LogP contribution in [0.1, 0.15) is 29.8 Å². The highest BCUT2D eigenvalue weighted by Gasteiger charge is 2.44. The van der Waals surface area contributed by atoms with Crippen molar-refractivity contribution in [2.24, 2.45) is 0 Å². The number of hydrogen-bond acceptors (Lipinski definition) is 1. The molecule has 1 aliphatic rings. The average Bonchev–Trinajstić information content (AvgIpc) is 2.03. The summed E-state index contributed by atoms with van der Waals surface area (Å²) in [6.45, 7) is 3.81. The predicted octanol–water partition coefficient (Wildman–Crippen LogP) is 2.81. The van der Waals surface area contributed by atoms with E-state index in [0.717, 1.165) is 11.1 Å². The van der Waals surface area contributed by atoms with Crippen molar-refractivity contribution < 1.29 is 4.79 Å². The Morgan fingerprint density at radius 1 is 1.33 bits per heavy atom. The molecule has 2 heteroatoms. The summed E-state index contributed by atoms with van der Waals surface area (Å²) in [5.41, 5.74) is 1.41. The second kappa shape index (κ2) is 2.11. The first-order valence-corrected chi connectivity index (χ1v) is 4.27. The molecular weight excluding hydrogens is 172 g/mol. The molecule has 12 heavy (non-hydrogen) atoms. The SMILES string of the molecule is CC1(C)C(=O)c2cccc(Cl)c21. The summed E-state index contributed by atoms with van der Waals surface area (Å²) in [7, 11) is 0. The van der Waals surface area contributed by atoms with E-state index in [9.17, 15) is 4.79 Å². The fourth-order valence-corrected chi connectivity index (χ4v) is 2.15. The summed E-state index contributed by atoms with van der Waals surface area (Å²) in [6.07, 6.45) is 0. The molecule has 0 unspecified atom stereocenters. The zero-order chi connectivity index (χ0) is 8.93. The van der Waals surface area contributed by atoms with Gasteiger partial charge < -0.3 is 0 Å². The van der Waals surface area contributed by atoms with Crippen LogP contribution in [0.3, 0.4) is 0 Å². The molecule has 0 N–H and O–H groups in total. The minimum atomic E-state index is -0.367. The van der Waals surface area contributed by atoms with Crippen molar-refractivity contribution in [2.75, 3.05) is 0 Å². The molecule has 0 radical (unpaired) electrons. The van der Waals surface area contributed by atoms with Crippen LogP contribution in [0.5, 0.6) is 0 Å². The number of fused-ring (bicyclic) bond motifs is 1. The van der Waals surface area contributed by atoms with E-state index in [4.69, 9.17) is 11.6 Å². The van der Waals surface area contributed by atoms with Crippen LogP contribution in [0.2, 0.25) is 5.02 Å². The van der Waals surface area contributed by atoms with Gasteiger partial charge in [-0.1, -0.05) is 23.7 Å². The summed E-state index contributed by atoms with van der Waals surface area (Å²) in [5, 5.41) is 0.706. The summed E-state index contributed by atoms with van der Waals surface area (Å²) >= 11 is 5.96. The van der Waals surface area contributed by atoms with Crippen LogP contribution in [-0.2, 0) is 5.41 Å². The van der Waals surface area contributed by atoms with Gasteiger partial charge in [0.05, 0.1) is 5.41 Å². The first-order valence-electron chi connectivity index (χ1n) is 3.89. The molecule has 0 bridgehead atoms. The summed E-state index contributed by atoms with van der Waals surface area (Å²) < 4.78 is 0. The van der Waals surface area contributed by atoms with Crippen molar-refractivity contribution in [1.29, 1.82) is 0 Å². The Morgan fingerprint density at radius 2 is 2.00 bits per heavy atom. The Labute approximate surface area is 76.4 Å². The molecule has 0 saturated carbocycles. The second-order valence-electron chi connectivity index (χ2n) is 3.62. The molecule has 0 aliphatic heterocycles. The van der Waals surface area contributed by atoms with Crippen LogP contribution in [0, 0.1) is 0 Å². The number of ketones is 1. The van der Waals surface area contributed by atoms with Gasteiger partial charge in [0, 0.05) is 10.6 Å². The Balaban J connectivity index is 2.71. The molecule has 0 atom stereocenters. The molecule has 1 nitrogen and oxygen atoms in total. The van der Waals surface area contributed by atoms with E-state index in [1.54, 1.807) is 0 Å². The summed E-state index contributed by atoms with van der Waals surface area (Å²) in [4.78, 5) is 11.5. The molecule has 1 aliphatic carbocycles. The lowest BCUT2D eigenvalue weighted by molar-refractivity contribution is 0.0865. The van der Waals surface area contributed by atoms with Crippen LogP contribution >= 0.6 is 11.6 Å². The van der Waals surface area contributed by atoms with E-state index in [1.807, 2.05) is 32.0 Å². The van der Waals surface area contributed by atoms with Crippen molar-refractivity contribution in [2.45, 2.75) is 19.3 Å². The zero-order valence-corrected chi connectivity index (χ0v) is 7.77. The number of carbonyl (C=O) groups excluding carboxylic acids is 1. The number of benzene rings is 1. The van der Waals surface area contributed by atoms with E-state index >= 15 is 0 Å². The number of halogens is 1. The van der Waals surface area contributed by atoms with E-state index in [-0.39, 0.29) is 11.2 Å². The lowest BCUT2D eigenvalue weighted by Crippen LogP contribution is -2.41. The monoisotopic (exact) mass is 180 g/mol. The largest absolute Gasteiger partial charge is 0.293 e. The number of Topliss-reactive ketones (excluding diaryl/α,β-unsaturated/α-hetero) is 1. The molecule has 0 spiro atoms. The maximum atomic E-state index is 11.5. The smallest absolute Gasteiger partial charge is 0.173 e. The maximum absolute atomic E-state index is 11.5. The molecular formula is C10H9ClO. The third-order valence-corrected chi connectivity index (χ3v) is 2.77. The Morgan fingerprint density at radius 3 is 2.58 bits per heavy atom. The highest BCUT2D eigenvalue weighted by Crippen LogP contribution is 2.44. The van der Waals surface area contributed by atoms with E-state index in [1.165, 1.54) is 0 Å². The molecule has 0 heterocycles. The van der Waals surface area contributed by atoms with Gasteiger partial charge in [0.15, 0.2) is 5.78 Å². The zero-order valence-electron chi connectivity index (χ0n) is 7.02. The molecule has 2 rings (SSSR count). The summed E-state index contributed by atoms with van der Waals surface area (Å²) in [5.74, 6) is 0.194. The van der Waals surface area contributed by atoms with Gasteiger partial charge in [0.25, 0.3) is 0 Å². The van der Waals surface area contributed by atoms with Crippen LogP contribution in [0.4, 0.5) is 0 Å². The molecule has 62 valence electrons. The van der Waals surface area contributed by atoms with Gasteiger partial charge >= 0.3 is 0 Å². The lowest BCUT2D eigenvalue weighted by atomic mass is 9.65. The Kier molecular flexibility index (Phi) is 1.37. The fraction of sp³-hybridized carbons (Fsp3) is 0.300. The molecule has 0 amide bonds. The summed E-state index contributed by atoms with van der Waals surface area (Å²) in [6, 6.07) is 5.47. The molecule has 0 fully saturated rings. The van der Waals surface area contributed by atoms with Crippen LogP contribution in [-0.4, -0.2) is 5.78 Å². The third kappa shape index (κ3) is 0.721. The highest BCUT2D eigenvalue weighted by atomic mass is 35.5. The normalized spacial score (nSPS) is 18.4. The van der Waals surface area contributed by atoms with Crippen LogP contribution in [0.15, 0.2) is 18.2 Å². The van der Waals surface area contributed by atoms with Gasteiger partial charge in [-0.05, 0) is 25.5 Å². The van der Waals surface area contributed by atoms with Gasteiger partial charge in [-0.3, -0.25) is 4.79 Å². The third-order valence-electron chi connectivity index (χ3n) is 2.45. The van der Waals surface area contributed by atoms with Gasteiger partial charge in [0.2, 0.25) is 0 Å². The Hall–Kier alpha value is -0.820. The number of rotatable bonds is 0. The van der Waals surface area contributed by atoms with Crippen molar-refractivity contribution in [1.82, 2.24) is 0 Å². The van der Waals surface area contributed by atoms with E-state index in [2.05, 4.69) is 0 Å². The lowest BCUT2D eigenvalue weighted by Gasteiger charge is -2.36. The first kappa shape index (κ1) is 7.81. The van der Waals surface area contributed by atoms with Crippen molar-refractivity contribution in [3.63, 3.8) is 0 Å².